The Hall–Kier alpha value is -2.89. The number of aryl methyl sites for hydroxylation is 3. The molecule has 0 fully saturated rings. The standard InChI is InChI=1S/C18H21N5O/c1-5-13-7-6-8-14(9-13)19-18(24)16-10-15(20-21-16)17-11(2)22-23(4)12(17)3/h6-10H,5H2,1-4H3,(H,19,24)(H,20,21). The molecule has 0 spiro atoms. The van der Waals surface area contributed by atoms with Gasteiger partial charge in [0.05, 0.1) is 11.4 Å². The first-order valence-corrected chi connectivity index (χ1v) is 7.96. The molecule has 24 heavy (non-hydrogen) atoms. The molecular formula is C18H21N5O. The molecule has 2 heterocycles. The molecule has 0 bridgehead atoms. The molecule has 0 aliphatic rings. The molecule has 0 unspecified atom stereocenters. The van der Waals surface area contributed by atoms with Gasteiger partial charge in [0.2, 0.25) is 0 Å². The first-order chi connectivity index (χ1) is 11.5. The summed E-state index contributed by atoms with van der Waals surface area (Å²) in [4.78, 5) is 12.4. The molecule has 2 aromatic heterocycles. The molecule has 3 aromatic rings. The lowest BCUT2D eigenvalue weighted by Crippen LogP contribution is -2.12. The van der Waals surface area contributed by atoms with E-state index >= 15 is 0 Å². The highest BCUT2D eigenvalue weighted by molar-refractivity contribution is 6.03. The molecule has 0 aliphatic carbocycles. The predicted molar refractivity (Wildman–Crippen MR) is 94.0 cm³/mol. The average Bonchev–Trinajstić information content (AvgIpc) is 3.13. The molecule has 0 saturated carbocycles. The van der Waals surface area contributed by atoms with Crippen molar-refractivity contribution in [2.75, 3.05) is 5.32 Å². The minimum Gasteiger partial charge on any atom is -0.321 e. The van der Waals surface area contributed by atoms with Crippen LogP contribution in [0.4, 0.5) is 5.69 Å². The van der Waals surface area contributed by atoms with Gasteiger partial charge in [-0.25, -0.2) is 0 Å². The number of amides is 1. The van der Waals surface area contributed by atoms with Crippen molar-refractivity contribution < 1.29 is 4.79 Å². The maximum atomic E-state index is 12.4. The monoisotopic (exact) mass is 323 g/mol. The van der Waals surface area contributed by atoms with Gasteiger partial charge in [-0.2, -0.15) is 10.2 Å². The zero-order valence-electron chi connectivity index (χ0n) is 14.3. The number of rotatable bonds is 4. The smallest absolute Gasteiger partial charge is 0.273 e. The summed E-state index contributed by atoms with van der Waals surface area (Å²) < 4.78 is 1.81. The van der Waals surface area contributed by atoms with E-state index in [4.69, 9.17) is 0 Å². The molecule has 124 valence electrons. The number of aromatic nitrogens is 4. The van der Waals surface area contributed by atoms with Crippen LogP contribution in [0, 0.1) is 13.8 Å². The van der Waals surface area contributed by atoms with Crippen molar-refractivity contribution in [2.24, 2.45) is 7.05 Å². The molecule has 0 atom stereocenters. The average molecular weight is 323 g/mol. The number of anilines is 1. The summed E-state index contributed by atoms with van der Waals surface area (Å²) in [6.07, 6.45) is 0.928. The van der Waals surface area contributed by atoms with Crippen molar-refractivity contribution in [1.29, 1.82) is 0 Å². The fourth-order valence-electron chi connectivity index (χ4n) is 2.78. The molecule has 0 saturated heterocycles. The lowest BCUT2D eigenvalue weighted by atomic mass is 10.1. The van der Waals surface area contributed by atoms with Crippen LogP contribution in [0.1, 0.15) is 34.4 Å². The zero-order valence-corrected chi connectivity index (χ0v) is 14.3. The molecule has 2 N–H and O–H groups in total. The number of nitrogens with zero attached hydrogens (tertiary/aromatic N) is 3. The van der Waals surface area contributed by atoms with Gasteiger partial charge in [0.15, 0.2) is 0 Å². The summed E-state index contributed by atoms with van der Waals surface area (Å²) in [5.41, 5.74) is 5.98. The predicted octanol–water partition coefficient (Wildman–Crippen LogP) is 3.24. The normalized spacial score (nSPS) is 10.8. The highest BCUT2D eigenvalue weighted by Crippen LogP contribution is 2.25. The molecule has 1 amide bonds. The first kappa shape index (κ1) is 16.0. The Kier molecular flexibility index (Phi) is 4.20. The third-order valence-corrected chi connectivity index (χ3v) is 4.18. The number of H-pyrrole nitrogens is 1. The zero-order chi connectivity index (χ0) is 17.3. The SMILES string of the molecule is CCc1cccc(NC(=O)c2cc(-c3c(C)nn(C)c3C)n[nH]2)c1. The van der Waals surface area contributed by atoms with Crippen molar-refractivity contribution in [3.05, 3.63) is 53.0 Å². The minimum atomic E-state index is -0.207. The summed E-state index contributed by atoms with van der Waals surface area (Å²) in [6.45, 7) is 6.01. The molecule has 3 rings (SSSR count). The summed E-state index contributed by atoms with van der Waals surface area (Å²) in [5, 5.41) is 14.4. The van der Waals surface area contributed by atoms with Crippen molar-refractivity contribution in [3.63, 3.8) is 0 Å². The van der Waals surface area contributed by atoms with Gasteiger partial charge in [-0.15, -0.1) is 0 Å². The lowest BCUT2D eigenvalue weighted by Gasteiger charge is -2.05. The molecule has 6 heteroatoms. The fourth-order valence-corrected chi connectivity index (χ4v) is 2.78. The fraction of sp³-hybridized carbons (Fsp3) is 0.278. The Bertz CT molecular complexity index is 891. The molecule has 0 aliphatic heterocycles. The molecular weight excluding hydrogens is 302 g/mol. The van der Waals surface area contributed by atoms with Crippen LogP contribution in [0.25, 0.3) is 11.3 Å². The maximum Gasteiger partial charge on any atom is 0.273 e. The van der Waals surface area contributed by atoms with E-state index in [1.54, 1.807) is 6.07 Å². The van der Waals surface area contributed by atoms with Gasteiger partial charge < -0.3 is 5.32 Å². The number of aromatic amines is 1. The lowest BCUT2D eigenvalue weighted by molar-refractivity contribution is 0.102. The highest BCUT2D eigenvalue weighted by Gasteiger charge is 2.17. The van der Waals surface area contributed by atoms with Crippen molar-refractivity contribution in [1.82, 2.24) is 20.0 Å². The Morgan fingerprint density at radius 1 is 1.29 bits per heavy atom. The molecule has 0 radical (unpaired) electrons. The van der Waals surface area contributed by atoms with Crippen molar-refractivity contribution >= 4 is 11.6 Å². The Balaban J connectivity index is 1.83. The van der Waals surface area contributed by atoms with E-state index in [0.717, 1.165) is 34.8 Å². The third-order valence-electron chi connectivity index (χ3n) is 4.18. The Labute approximate surface area is 140 Å². The van der Waals surface area contributed by atoms with Crippen LogP contribution in [0.5, 0.6) is 0 Å². The third kappa shape index (κ3) is 2.95. The van der Waals surface area contributed by atoms with Crippen LogP contribution in [-0.4, -0.2) is 25.9 Å². The second-order valence-electron chi connectivity index (χ2n) is 5.84. The van der Waals surface area contributed by atoms with Crippen LogP contribution in [0.2, 0.25) is 0 Å². The minimum absolute atomic E-state index is 0.207. The second-order valence-corrected chi connectivity index (χ2v) is 5.84. The van der Waals surface area contributed by atoms with Gasteiger partial charge >= 0.3 is 0 Å². The largest absolute Gasteiger partial charge is 0.321 e. The van der Waals surface area contributed by atoms with Crippen LogP contribution in [-0.2, 0) is 13.5 Å². The van der Waals surface area contributed by atoms with Crippen LogP contribution in [0.15, 0.2) is 30.3 Å². The quantitative estimate of drug-likeness (QED) is 0.774. The van der Waals surface area contributed by atoms with Crippen LogP contribution in [0.3, 0.4) is 0 Å². The number of carbonyl (C=O) groups is 1. The Morgan fingerprint density at radius 3 is 2.75 bits per heavy atom. The van der Waals surface area contributed by atoms with Gasteiger partial charge in [-0.1, -0.05) is 19.1 Å². The van der Waals surface area contributed by atoms with E-state index in [-0.39, 0.29) is 5.91 Å². The van der Waals surface area contributed by atoms with Crippen molar-refractivity contribution in [3.8, 4) is 11.3 Å². The van der Waals surface area contributed by atoms with Crippen LogP contribution >= 0.6 is 0 Å². The van der Waals surface area contributed by atoms with Gasteiger partial charge in [-0.3, -0.25) is 14.6 Å². The van der Waals surface area contributed by atoms with E-state index in [1.807, 2.05) is 49.8 Å². The van der Waals surface area contributed by atoms with Gasteiger partial charge in [0.1, 0.15) is 5.69 Å². The number of benzene rings is 1. The first-order valence-electron chi connectivity index (χ1n) is 7.96. The van der Waals surface area contributed by atoms with Gasteiger partial charge in [0, 0.05) is 24.0 Å². The number of hydrogen-bond acceptors (Lipinski definition) is 3. The van der Waals surface area contributed by atoms with E-state index in [1.165, 1.54) is 5.56 Å². The maximum absolute atomic E-state index is 12.4. The summed E-state index contributed by atoms with van der Waals surface area (Å²) >= 11 is 0. The van der Waals surface area contributed by atoms with Gasteiger partial charge in [0.25, 0.3) is 5.91 Å². The summed E-state index contributed by atoms with van der Waals surface area (Å²) in [7, 11) is 1.90. The van der Waals surface area contributed by atoms with Gasteiger partial charge in [-0.05, 0) is 44.0 Å². The number of hydrogen-bond donors (Lipinski definition) is 2. The summed E-state index contributed by atoms with van der Waals surface area (Å²) in [6, 6.07) is 9.59. The van der Waals surface area contributed by atoms with Crippen molar-refractivity contribution in [2.45, 2.75) is 27.2 Å². The second kappa shape index (κ2) is 6.31. The van der Waals surface area contributed by atoms with E-state index in [2.05, 4.69) is 27.5 Å². The summed E-state index contributed by atoms with van der Waals surface area (Å²) in [5.74, 6) is -0.207. The highest BCUT2D eigenvalue weighted by atomic mass is 16.1. The van der Waals surface area contributed by atoms with E-state index in [9.17, 15) is 4.79 Å². The van der Waals surface area contributed by atoms with E-state index in [0.29, 0.717) is 5.69 Å². The molecule has 6 nitrogen and oxygen atoms in total. The number of carbonyl (C=O) groups excluding carboxylic acids is 1. The number of nitrogens with one attached hydrogen (secondary N) is 2. The van der Waals surface area contributed by atoms with E-state index < -0.39 is 0 Å². The topological polar surface area (TPSA) is 75.6 Å². The molecule has 1 aromatic carbocycles. The Morgan fingerprint density at radius 2 is 2.08 bits per heavy atom. The van der Waals surface area contributed by atoms with Crippen LogP contribution < -0.4 is 5.32 Å².